The number of nitrogens with zero attached hydrogens (tertiary/aromatic N) is 4. The van der Waals surface area contributed by atoms with Gasteiger partial charge in [-0.05, 0) is 37.6 Å². The molecule has 0 aliphatic carbocycles. The van der Waals surface area contributed by atoms with Gasteiger partial charge in [0.25, 0.3) is 0 Å². The Kier molecular flexibility index (Phi) is 3.07. The molecule has 0 spiro atoms. The van der Waals surface area contributed by atoms with Crippen LogP contribution in [-0.2, 0) is 5.41 Å². The molecule has 0 fully saturated rings. The topological polar surface area (TPSA) is 51.0 Å². The van der Waals surface area contributed by atoms with Crippen LogP contribution in [0.4, 0.5) is 0 Å². The van der Waals surface area contributed by atoms with Crippen molar-refractivity contribution in [3.63, 3.8) is 0 Å². The molecule has 2 aromatic heterocycles. The predicted octanol–water partition coefficient (Wildman–Crippen LogP) is 3.93. The van der Waals surface area contributed by atoms with Crippen molar-refractivity contribution < 1.29 is 0 Å². The lowest BCUT2D eigenvalue weighted by Gasteiger charge is -2.43. The van der Waals surface area contributed by atoms with Crippen LogP contribution >= 0.6 is 0 Å². The number of rotatable bonds is 1. The zero-order valence-corrected chi connectivity index (χ0v) is 14.4. The first-order valence-electron chi connectivity index (χ1n) is 8.18. The maximum Gasteiger partial charge on any atom is 0.111 e. The number of para-hydroxylation sites is 2. The molecular weight excluding hydrogens is 296 g/mol. The van der Waals surface area contributed by atoms with Crippen molar-refractivity contribution in [1.29, 1.82) is 0 Å². The average Bonchev–Trinajstić information content (AvgIpc) is 2.58. The summed E-state index contributed by atoms with van der Waals surface area (Å²) in [5, 5.41) is 0. The minimum Gasteiger partial charge on any atom is -0.274 e. The molecule has 1 aromatic carbocycles. The van der Waals surface area contributed by atoms with Crippen molar-refractivity contribution in [2.45, 2.75) is 38.6 Å². The molecule has 120 valence electrons. The van der Waals surface area contributed by atoms with E-state index in [4.69, 9.17) is 9.98 Å². The van der Waals surface area contributed by atoms with Crippen molar-refractivity contribution in [3.8, 4) is 0 Å². The summed E-state index contributed by atoms with van der Waals surface area (Å²) in [6.45, 7) is 8.77. The highest BCUT2D eigenvalue weighted by atomic mass is 15.0. The van der Waals surface area contributed by atoms with Crippen LogP contribution < -0.4 is 0 Å². The second-order valence-electron chi connectivity index (χ2n) is 7.29. The van der Waals surface area contributed by atoms with E-state index in [-0.39, 0.29) is 11.0 Å². The van der Waals surface area contributed by atoms with Crippen LogP contribution in [0.2, 0.25) is 0 Å². The number of pyridine rings is 1. The van der Waals surface area contributed by atoms with Gasteiger partial charge in [-0.15, -0.1) is 0 Å². The van der Waals surface area contributed by atoms with Gasteiger partial charge in [-0.2, -0.15) is 0 Å². The first-order chi connectivity index (χ1) is 11.4. The summed E-state index contributed by atoms with van der Waals surface area (Å²) in [6.07, 6.45) is 3.62. The monoisotopic (exact) mass is 316 g/mol. The summed E-state index contributed by atoms with van der Waals surface area (Å²) < 4.78 is 0. The molecule has 3 aromatic rings. The Morgan fingerprint density at radius 3 is 2.38 bits per heavy atom. The van der Waals surface area contributed by atoms with E-state index in [0.29, 0.717) is 0 Å². The molecule has 1 aliphatic rings. The van der Waals surface area contributed by atoms with E-state index in [1.54, 1.807) is 6.20 Å². The zero-order chi connectivity index (χ0) is 16.9. The van der Waals surface area contributed by atoms with Crippen LogP contribution in [0.1, 0.15) is 44.6 Å². The molecule has 4 heteroatoms. The lowest BCUT2D eigenvalue weighted by molar-refractivity contribution is 0.302. The maximum atomic E-state index is 5.04. The maximum absolute atomic E-state index is 5.04. The van der Waals surface area contributed by atoms with Crippen molar-refractivity contribution >= 4 is 16.7 Å². The number of hydrogen-bond acceptors (Lipinski definition) is 4. The molecule has 0 radical (unpaired) electrons. The fraction of sp³-hybridized carbons (Fsp3) is 0.300. The number of fused-ring (bicyclic) bond motifs is 2. The lowest BCUT2D eigenvalue weighted by Crippen LogP contribution is -2.46. The van der Waals surface area contributed by atoms with Crippen molar-refractivity contribution in [2.24, 2.45) is 4.99 Å². The van der Waals surface area contributed by atoms with Gasteiger partial charge < -0.3 is 0 Å². The molecule has 24 heavy (non-hydrogen) atoms. The predicted molar refractivity (Wildman–Crippen MR) is 96.5 cm³/mol. The smallest absolute Gasteiger partial charge is 0.111 e. The average molecular weight is 316 g/mol. The molecule has 1 aliphatic heterocycles. The molecular formula is C20H20N4. The Hall–Kier alpha value is -2.62. The summed E-state index contributed by atoms with van der Waals surface area (Å²) in [6, 6.07) is 12.0. The van der Waals surface area contributed by atoms with E-state index in [0.717, 1.165) is 28.1 Å². The fourth-order valence-electron chi connectivity index (χ4n) is 3.15. The zero-order valence-electron chi connectivity index (χ0n) is 14.4. The quantitative estimate of drug-likeness (QED) is 0.683. The number of aliphatic imine (C=N–C) groups is 1. The van der Waals surface area contributed by atoms with Crippen LogP contribution in [0, 0.1) is 0 Å². The highest BCUT2D eigenvalue weighted by molar-refractivity contribution is 6.13. The number of aromatic nitrogens is 3. The third-order valence-corrected chi connectivity index (χ3v) is 5.32. The van der Waals surface area contributed by atoms with Crippen LogP contribution in [-0.4, -0.2) is 26.2 Å². The van der Waals surface area contributed by atoms with E-state index in [2.05, 4.69) is 43.7 Å². The highest BCUT2D eigenvalue weighted by Gasteiger charge is 2.44. The molecule has 0 atom stereocenters. The standard InChI is InChI=1S/C20H20N4/c1-19(2)13-8-7-11-21-17(13)18(24-20(19,3)4)16-12-22-14-9-5-6-10-15(14)23-16/h5-12H,1-4H3. The lowest BCUT2D eigenvalue weighted by atomic mass is 9.67. The van der Waals surface area contributed by atoms with Crippen LogP contribution in [0.25, 0.3) is 11.0 Å². The Bertz CT molecular complexity index is 970. The Labute approximate surface area is 141 Å². The van der Waals surface area contributed by atoms with E-state index in [1.165, 1.54) is 5.56 Å². The number of benzene rings is 1. The molecule has 4 nitrogen and oxygen atoms in total. The van der Waals surface area contributed by atoms with Crippen molar-refractivity contribution in [3.05, 3.63) is 65.7 Å². The summed E-state index contributed by atoms with van der Waals surface area (Å²) in [5.41, 5.74) is 5.11. The van der Waals surface area contributed by atoms with Crippen LogP contribution in [0.15, 0.2) is 53.8 Å². The van der Waals surface area contributed by atoms with Crippen LogP contribution in [0.5, 0.6) is 0 Å². The van der Waals surface area contributed by atoms with E-state index in [1.807, 2.05) is 36.5 Å². The highest BCUT2D eigenvalue weighted by Crippen LogP contribution is 2.42. The molecule has 4 rings (SSSR count). The van der Waals surface area contributed by atoms with E-state index < -0.39 is 0 Å². The van der Waals surface area contributed by atoms with Gasteiger partial charge in [0.2, 0.25) is 0 Å². The Balaban J connectivity index is 1.98. The third-order valence-electron chi connectivity index (χ3n) is 5.32. The normalized spacial score (nSPS) is 18.1. The molecule has 0 saturated carbocycles. The summed E-state index contributed by atoms with van der Waals surface area (Å²) >= 11 is 0. The minimum atomic E-state index is -0.258. The van der Waals surface area contributed by atoms with Gasteiger partial charge in [-0.3, -0.25) is 15.0 Å². The van der Waals surface area contributed by atoms with Crippen molar-refractivity contribution in [2.75, 3.05) is 0 Å². The van der Waals surface area contributed by atoms with Gasteiger partial charge in [-0.1, -0.05) is 32.0 Å². The molecule has 0 saturated heterocycles. The van der Waals surface area contributed by atoms with E-state index in [9.17, 15) is 0 Å². The van der Waals surface area contributed by atoms with Gasteiger partial charge in [0.1, 0.15) is 11.4 Å². The third kappa shape index (κ3) is 2.06. The molecule has 0 N–H and O–H groups in total. The van der Waals surface area contributed by atoms with Crippen molar-refractivity contribution in [1.82, 2.24) is 15.0 Å². The molecule has 0 bridgehead atoms. The van der Waals surface area contributed by atoms with E-state index >= 15 is 0 Å². The van der Waals surface area contributed by atoms with Gasteiger partial charge >= 0.3 is 0 Å². The van der Waals surface area contributed by atoms with Gasteiger partial charge in [0.05, 0.1) is 28.5 Å². The van der Waals surface area contributed by atoms with Crippen LogP contribution in [0.3, 0.4) is 0 Å². The summed E-state index contributed by atoms with van der Waals surface area (Å²) in [7, 11) is 0. The molecule has 0 unspecified atom stereocenters. The minimum absolute atomic E-state index is 0.107. The second-order valence-corrected chi connectivity index (χ2v) is 7.29. The Morgan fingerprint density at radius 1 is 0.833 bits per heavy atom. The van der Waals surface area contributed by atoms with Gasteiger partial charge in [-0.25, -0.2) is 4.98 Å². The number of hydrogen-bond donors (Lipinski definition) is 0. The second kappa shape index (κ2) is 4.94. The first kappa shape index (κ1) is 14.9. The SMILES string of the molecule is CC1(C)N=C(c2cnc3ccccc3n2)c2ncccc2C1(C)C. The fourth-order valence-corrected chi connectivity index (χ4v) is 3.15. The molecule has 3 heterocycles. The largest absolute Gasteiger partial charge is 0.274 e. The van der Waals surface area contributed by atoms with Gasteiger partial charge in [0.15, 0.2) is 0 Å². The summed E-state index contributed by atoms with van der Waals surface area (Å²) in [5.74, 6) is 0. The first-order valence-corrected chi connectivity index (χ1v) is 8.18. The summed E-state index contributed by atoms with van der Waals surface area (Å²) in [4.78, 5) is 19.0. The molecule has 0 amide bonds. The van der Waals surface area contributed by atoms with Gasteiger partial charge in [0, 0.05) is 11.6 Å². The Morgan fingerprint density at radius 2 is 1.58 bits per heavy atom.